The van der Waals surface area contributed by atoms with Gasteiger partial charge >= 0.3 is 0 Å². The average Bonchev–Trinajstić information content (AvgIpc) is 2.88. The molecule has 2 heterocycles. The van der Waals surface area contributed by atoms with Crippen LogP contribution in [0.15, 0.2) is 0 Å². The Hall–Kier alpha value is -1.56. The van der Waals surface area contributed by atoms with E-state index < -0.39 is 0 Å². The topological polar surface area (TPSA) is 76.2 Å². The summed E-state index contributed by atoms with van der Waals surface area (Å²) in [7, 11) is 1.74. The third-order valence-corrected chi connectivity index (χ3v) is 3.59. The third-order valence-electron chi connectivity index (χ3n) is 3.59. The van der Waals surface area contributed by atoms with Gasteiger partial charge < -0.3 is 16.0 Å². The maximum Gasteiger partial charge on any atom is 0.271 e. The van der Waals surface area contributed by atoms with E-state index in [1.165, 1.54) is 12.8 Å². The van der Waals surface area contributed by atoms with E-state index in [4.69, 9.17) is 5.73 Å². The van der Waals surface area contributed by atoms with Crippen molar-refractivity contribution in [1.82, 2.24) is 20.0 Å². The summed E-state index contributed by atoms with van der Waals surface area (Å²) in [6, 6.07) is 0.111. The van der Waals surface area contributed by atoms with Gasteiger partial charge in [0.25, 0.3) is 5.91 Å². The molecule has 6 nitrogen and oxygen atoms in total. The Balaban J connectivity index is 1.96. The zero-order valence-corrected chi connectivity index (χ0v) is 11.9. The zero-order chi connectivity index (χ0) is 14.0. The fourth-order valence-electron chi connectivity index (χ4n) is 2.63. The second-order valence-corrected chi connectivity index (χ2v) is 5.35. The van der Waals surface area contributed by atoms with Crippen molar-refractivity contribution in [2.45, 2.75) is 32.7 Å². The standard InChI is InChI=1S/C13H23N5O/c1-9(8-18-6-4-5-7-18)15-13(19)12-11(14)10(2)16-17(12)3/h9H,4-8,14H2,1-3H3,(H,15,19). The minimum Gasteiger partial charge on any atom is -0.395 e. The molecule has 0 aromatic carbocycles. The summed E-state index contributed by atoms with van der Waals surface area (Å²) in [5.41, 5.74) is 7.50. The van der Waals surface area contributed by atoms with Gasteiger partial charge in [-0.05, 0) is 39.8 Å². The van der Waals surface area contributed by atoms with Gasteiger partial charge in [0.15, 0.2) is 0 Å². The van der Waals surface area contributed by atoms with Crippen molar-refractivity contribution in [3.8, 4) is 0 Å². The molecule has 1 aliphatic rings. The Kier molecular flexibility index (Phi) is 4.09. The van der Waals surface area contributed by atoms with Gasteiger partial charge in [0.1, 0.15) is 5.69 Å². The quantitative estimate of drug-likeness (QED) is 0.832. The zero-order valence-electron chi connectivity index (χ0n) is 11.9. The van der Waals surface area contributed by atoms with Crippen LogP contribution in [0.4, 0.5) is 5.69 Å². The lowest BCUT2D eigenvalue weighted by molar-refractivity contribution is 0.0923. The van der Waals surface area contributed by atoms with Gasteiger partial charge in [-0.15, -0.1) is 0 Å². The van der Waals surface area contributed by atoms with Crippen molar-refractivity contribution in [3.63, 3.8) is 0 Å². The molecule has 2 rings (SSSR count). The van der Waals surface area contributed by atoms with Crippen LogP contribution in [0.3, 0.4) is 0 Å². The number of aryl methyl sites for hydroxylation is 2. The number of amides is 1. The number of nitrogens with zero attached hydrogens (tertiary/aromatic N) is 3. The van der Waals surface area contributed by atoms with Crippen LogP contribution in [0.1, 0.15) is 35.9 Å². The van der Waals surface area contributed by atoms with Crippen molar-refractivity contribution in [2.75, 3.05) is 25.4 Å². The molecule has 3 N–H and O–H groups in total. The lowest BCUT2D eigenvalue weighted by Gasteiger charge is -2.21. The van der Waals surface area contributed by atoms with Crippen LogP contribution in [0.5, 0.6) is 0 Å². The molecule has 1 amide bonds. The first-order valence-electron chi connectivity index (χ1n) is 6.81. The van der Waals surface area contributed by atoms with E-state index in [9.17, 15) is 4.79 Å². The average molecular weight is 265 g/mol. The third kappa shape index (κ3) is 3.07. The largest absolute Gasteiger partial charge is 0.395 e. The number of rotatable bonds is 4. The number of hydrogen-bond donors (Lipinski definition) is 2. The van der Waals surface area contributed by atoms with Crippen LogP contribution in [-0.4, -0.2) is 46.3 Å². The molecule has 1 unspecified atom stereocenters. The van der Waals surface area contributed by atoms with E-state index in [-0.39, 0.29) is 11.9 Å². The normalized spacial score (nSPS) is 17.6. The maximum absolute atomic E-state index is 12.2. The highest BCUT2D eigenvalue weighted by Gasteiger charge is 2.21. The molecular formula is C13H23N5O. The van der Waals surface area contributed by atoms with Crippen molar-refractivity contribution < 1.29 is 4.79 Å². The number of nitrogens with two attached hydrogens (primary N) is 1. The van der Waals surface area contributed by atoms with Crippen LogP contribution >= 0.6 is 0 Å². The van der Waals surface area contributed by atoms with Gasteiger partial charge in [-0.3, -0.25) is 9.48 Å². The van der Waals surface area contributed by atoms with E-state index in [0.717, 1.165) is 19.6 Å². The molecule has 6 heteroatoms. The van der Waals surface area contributed by atoms with Gasteiger partial charge in [-0.1, -0.05) is 0 Å². The van der Waals surface area contributed by atoms with Crippen molar-refractivity contribution in [3.05, 3.63) is 11.4 Å². The predicted octanol–water partition coefficient (Wildman–Crippen LogP) is 0.525. The number of hydrogen-bond acceptors (Lipinski definition) is 4. The SMILES string of the molecule is Cc1nn(C)c(C(=O)NC(C)CN2CCCC2)c1N. The number of anilines is 1. The van der Waals surface area contributed by atoms with Gasteiger partial charge in [-0.2, -0.15) is 5.10 Å². The number of aromatic nitrogens is 2. The molecule has 1 saturated heterocycles. The van der Waals surface area contributed by atoms with Crippen molar-refractivity contribution in [1.29, 1.82) is 0 Å². The molecule has 106 valence electrons. The van der Waals surface area contributed by atoms with Gasteiger partial charge in [-0.25, -0.2) is 0 Å². The predicted molar refractivity (Wildman–Crippen MR) is 75.0 cm³/mol. The number of nitrogens with one attached hydrogen (secondary N) is 1. The molecule has 1 aromatic heterocycles. The summed E-state index contributed by atoms with van der Waals surface area (Å²) >= 11 is 0. The first-order chi connectivity index (χ1) is 8.99. The Morgan fingerprint density at radius 3 is 2.63 bits per heavy atom. The molecule has 0 saturated carbocycles. The first kappa shape index (κ1) is 13.9. The summed E-state index contributed by atoms with van der Waals surface area (Å²) in [6.07, 6.45) is 2.52. The molecule has 1 aromatic rings. The summed E-state index contributed by atoms with van der Waals surface area (Å²) in [5.74, 6) is -0.146. The molecular weight excluding hydrogens is 242 g/mol. The molecule has 1 atom stereocenters. The van der Waals surface area contributed by atoms with Crippen LogP contribution < -0.4 is 11.1 Å². The molecule has 0 bridgehead atoms. The van der Waals surface area contributed by atoms with Crippen molar-refractivity contribution in [2.24, 2.45) is 7.05 Å². The Labute approximate surface area is 113 Å². The second kappa shape index (κ2) is 5.61. The number of carbonyl (C=O) groups is 1. The molecule has 19 heavy (non-hydrogen) atoms. The van der Waals surface area contributed by atoms with Crippen LogP contribution in [-0.2, 0) is 7.05 Å². The van der Waals surface area contributed by atoms with E-state index >= 15 is 0 Å². The van der Waals surface area contributed by atoms with E-state index in [1.807, 2.05) is 6.92 Å². The maximum atomic E-state index is 12.2. The van der Waals surface area contributed by atoms with Crippen LogP contribution in [0, 0.1) is 6.92 Å². The Morgan fingerprint density at radius 2 is 2.11 bits per heavy atom. The highest BCUT2D eigenvalue weighted by molar-refractivity contribution is 5.98. The molecule has 0 aliphatic carbocycles. The second-order valence-electron chi connectivity index (χ2n) is 5.35. The van der Waals surface area contributed by atoms with E-state index in [2.05, 4.69) is 15.3 Å². The highest BCUT2D eigenvalue weighted by Crippen LogP contribution is 2.15. The highest BCUT2D eigenvalue weighted by atomic mass is 16.2. The summed E-state index contributed by atoms with van der Waals surface area (Å²) in [6.45, 7) is 6.98. The molecule has 1 aliphatic heterocycles. The fourth-order valence-corrected chi connectivity index (χ4v) is 2.63. The molecule has 0 radical (unpaired) electrons. The number of carbonyl (C=O) groups excluding carboxylic acids is 1. The molecule has 1 fully saturated rings. The first-order valence-corrected chi connectivity index (χ1v) is 6.81. The monoisotopic (exact) mass is 265 g/mol. The minimum absolute atomic E-state index is 0.111. The van der Waals surface area contributed by atoms with Gasteiger partial charge in [0.2, 0.25) is 0 Å². The Morgan fingerprint density at radius 1 is 1.47 bits per heavy atom. The molecule has 0 spiro atoms. The summed E-state index contributed by atoms with van der Waals surface area (Å²) in [4.78, 5) is 14.6. The lowest BCUT2D eigenvalue weighted by Crippen LogP contribution is -2.41. The Bertz CT molecular complexity index is 462. The van der Waals surface area contributed by atoms with Crippen molar-refractivity contribution >= 4 is 11.6 Å². The summed E-state index contributed by atoms with van der Waals surface area (Å²) < 4.78 is 1.54. The fraction of sp³-hybridized carbons (Fsp3) is 0.692. The van der Waals surface area contributed by atoms with Crippen LogP contribution in [0.25, 0.3) is 0 Å². The smallest absolute Gasteiger partial charge is 0.271 e. The number of likely N-dealkylation sites (tertiary alicyclic amines) is 1. The minimum atomic E-state index is -0.146. The number of nitrogen functional groups attached to an aromatic ring is 1. The van der Waals surface area contributed by atoms with Gasteiger partial charge in [0.05, 0.1) is 11.4 Å². The van der Waals surface area contributed by atoms with E-state index in [0.29, 0.717) is 17.1 Å². The van der Waals surface area contributed by atoms with E-state index in [1.54, 1.807) is 18.7 Å². The summed E-state index contributed by atoms with van der Waals surface area (Å²) in [5, 5.41) is 7.16. The van der Waals surface area contributed by atoms with Gasteiger partial charge in [0, 0.05) is 19.6 Å². The lowest BCUT2D eigenvalue weighted by atomic mass is 10.2. The van der Waals surface area contributed by atoms with Crippen LogP contribution in [0.2, 0.25) is 0 Å².